The fourth-order valence-electron chi connectivity index (χ4n) is 2.11. The number of amides is 1. The molecule has 1 aromatic carbocycles. The molecule has 1 unspecified atom stereocenters. The zero-order valence-electron chi connectivity index (χ0n) is 11.0. The van der Waals surface area contributed by atoms with Gasteiger partial charge in [-0.1, -0.05) is 12.1 Å². The Morgan fingerprint density at radius 1 is 1.40 bits per heavy atom. The van der Waals surface area contributed by atoms with E-state index < -0.39 is 5.54 Å². The summed E-state index contributed by atoms with van der Waals surface area (Å²) in [6, 6.07) is 7.46. The lowest BCUT2D eigenvalue weighted by Gasteiger charge is -2.22. The van der Waals surface area contributed by atoms with Crippen LogP contribution in [-0.2, 0) is 10.3 Å². The minimum absolute atomic E-state index is 0.146. The van der Waals surface area contributed by atoms with Crippen molar-refractivity contribution in [3.05, 3.63) is 36.2 Å². The van der Waals surface area contributed by atoms with Gasteiger partial charge in [0.1, 0.15) is 11.9 Å². The van der Waals surface area contributed by atoms with Gasteiger partial charge in [0.15, 0.2) is 5.96 Å². The fraction of sp³-hybridized carbons (Fsp3) is 0.250. The lowest BCUT2D eigenvalue weighted by molar-refractivity contribution is -0.123. The van der Waals surface area contributed by atoms with Gasteiger partial charge in [0.25, 0.3) is 5.91 Å². The molecule has 0 saturated carbocycles. The molecule has 20 heavy (non-hydrogen) atoms. The maximum Gasteiger partial charge on any atom is 0.256 e. The standard InChI is InChI=1S/C12H13N7O/c1-12(10(20)15-11(13-2)16-12)8-4-3-5-9(6-8)19-7-14-17-18-19/h3-7H,1-2H3,(H2,13,15,16,20). The molecule has 8 nitrogen and oxygen atoms in total. The molecule has 1 aliphatic rings. The van der Waals surface area contributed by atoms with Crippen LogP contribution < -0.4 is 10.6 Å². The summed E-state index contributed by atoms with van der Waals surface area (Å²) in [5.74, 6) is 0.317. The molecule has 2 aromatic rings. The Bertz CT molecular complexity index is 679. The summed E-state index contributed by atoms with van der Waals surface area (Å²) in [5, 5.41) is 16.8. The zero-order valence-corrected chi connectivity index (χ0v) is 11.0. The predicted molar refractivity (Wildman–Crippen MR) is 71.1 cm³/mol. The molecule has 1 fully saturated rings. The largest absolute Gasteiger partial charge is 0.338 e. The Hall–Kier alpha value is -2.77. The van der Waals surface area contributed by atoms with Gasteiger partial charge >= 0.3 is 0 Å². The number of tetrazole rings is 1. The summed E-state index contributed by atoms with van der Waals surface area (Å²) >= 11 is 0. The molecule has 3 rings (SSSR count). The van der Waals surface area contributed by atoms with E-state index in [0.29, 0.717) is 5.96 Å². The van der Waals surface area contributed by atoms with Crippen molar-refractivity contribution in [2.24, 2.45) is 4.99 Å². The highest BCUT2D eigenvalue weighted by molar-refractivity contribution is 6.09. The monoisotopic (exact) mass is 271 g/mol. The average molecular weight is 271 g/mol. The van der Waals surface area contributed by atoms with E-state index >= 15 is 0 Å². The summed E-state index contributed by atoms with van der Waals surface area (Å²) in [6.45, 7) is 1.80. The van der Waals surface area contributed by atoms with E-state index in [2.05, 4.69) is 31.2 Å². The van der Waals surface area contributed by atoms with Crippen LogP contribution in [0.4, 0.5) is 0 Å². The third-order valence-corrected chi connectivity index (χ3v) is 3.32. The number of hydrogen-bond acceptors (Lipinski definition) is 5. The number of guanidine groups is 1. The molecule has 0 spiro atoms. The molecule has 102 valence electrons. The number of nitrogens with one attached hydrogen (secondary N) is 2. The molecule has 1 amide bonds. The first kappa shape index (κ1) is 12.3. The van der Waals surface area contributed by atoms with Gasteiger partial charge in [-0.05, 0) is 35.0 Å². The second kappa shape index (κ2) is 4.41. The summed E-state index contributed by atoms with van der Waals surface area (Å²) < 4.78 is 1.54. The van der Waals surface area contributed by atoms with Crippen molar-refractivity contribution in [2.75, 3.05) is 7.05 Å². The number of aromatic nitrogens is 4. The number of hydrogen-bond donors (Lipinski definition) is 2. The topological polar surface area (TPSA) is 97.1 Å². The Kier molecular flexibility index (Phi) is 2.70. The van der Waals surface area contributed by atoms with Gasteiger partial charge in [0.05, 0.1) is 5.69 Å². The Morgan fingerprint density at radius 2 is 2.25 bits per heavy atom. The van der Waals surface area contributed by atoms with Crippen molar-refractivity contribution in [3.63, 3.8) is 0 Å². The van der Waals surface area contributed by atoms with E-state index in [-0.39, 0.29) is 5.91 Å². The minimum Gasteiger partial charge on any atom is -0.338 e. The quantitative estimate of drug-likeness (QED) is 0.773. The second-order valence-corrected chi connectivity index (χ2v) is 4.58. The Labute approximate surface area is 114 Å². The molecular formula is C12H13N7O. The number of aliphatic imine (C=N–C) groups is 1. The van der Waals surface area contributed by atoms with Crippen LogP contribution in [0.3, 0.4) is 0 Å². The molecule has 2 N–H and O–H groups in total. The SMILES string of the molecule is CN=C1NC(=O)C(C)(c2cccc(-n3cnnn3)c2)N1. The van der Waals surface area contributed by atoms with Crippen LogP contribution in [0.2, 0.25) is 0 Å². The summed E-state index contributed by atoms with van der Waals surface area (Å²) in [4.78, 5) is 16.1. The van der Waals surface area contributed by atoms with Crippen LogP contribution in [0.15, 0.2) is 35.6 Å². The lowest BCUT2D eigenvalue weighted by Crippen LogP contribution is -2.40. The van der Waals surface area contributed by atoms with Gasteiger partial charge in [0.2, 0.25) is 0 Å². The fourth-order valence-corrected chi connectivity index (χ4v) is 2.11. The van der Waals surface area contributed by atoms with Crippen molar-refractivity contribution >= 4 is 11.9 Å². The molecule has 1 atom stereocenters. The van der Waals surface area contributed by atoms with E-state index in [4.69, 9.17) is 0 Å². The Morgan fingerprint density at radius 3 is 2.90 bits per heavy atom. The molecule has 1 aromatic heterocycles. The van der Waals surface area contributed by atoms with Crippen molar-refractivity contribution in [1.82, 2.24) is 30.8 Å². The molecule has 8 heteroatoms. The summed E-state index contributed by atoms with van der Waals surface area (Å²) in [7, 11) is 1.62. The molecular weight excluding hydrogens is 258 g/mol. The Balaban J connectivity index is 2.03. The molecule has 2 heterocycles. The van der Waals surface area contributed by atoms with Crippen LogP contribution in [0.1, 0.15) is 12.5 Å². The molecule has 0 radical (unpaired) electrons. The summed E-state index contributed by atoms with van der Waals surface area (Å²) in [6.07, 6.45) is 1.50. The van der Waals surface area contributed by atoms with Crippen LogP contribution >= 0.6 is 0 Å². The third kappa shape index (κ3) is 1.81. The molecule has 0 aliphatic carbocycles. The number of rotatable bonds is 2. The minimum atomic E-state index is -0.862. The van der Waals surface area contributed by atoms with Crippen molar-refractivity contribution in [1.29, 1.82) is 0 Å². The van der Waals surface area contributed by atoms with E-state index in [1.807, 2.05) is 24.3 Å². The van der Waals surface area contributed by atoms with Gasteiger partial charge in [-0.3, -0.25) is 15.1 Å². The van der Waals surface area contributed by atoms with Gasteiger partial charge in [-0.15, -0.1) is 5.10 Å². The lowest BCUT2D eigenvalue weighted by atomic mass is 9.92. The normalized spacial score (nSPS) is 23.7. The smallest absolute Gasteiger partial charge is 0.256 e. The van der Waals surface area contributed by atoms with E-state index in [1.165, 1.54) is 11.0 Å². The van der Waals surface area contributed by atoms with Gasteiger partial charge in [-0.25, -0.2) is 4.68 Å². The van der Waals surface area contributed by atoms with Gasteiger partial charge in [-0.2, -0.15) is 0 Å². The highest BCUT2D eigenvalue weighted by atomic mass is 16.2. The first-order valence-corrected chi connectivity index (χ1v) is 6.04. The number of nitrogens with zero attached hydrogens (tertiary/aromatic N) is 5. The molecule has 1 aliphatic heterocycles. The number of carbonyl (C=O) groups is 1. The highest BCUT2D eigenvalue weighted by Gasteiger charge is 2.42. The number of carbonyl (C=O) groups excluding carboxylic acids is 1. The van der Waals surface area contributed by atoms with E-state index in [0.717, 1.165) is 11.3 Å². The first-order valence-electron chi connectivity index (χ1n) is 6.04. The predicted octanol–water partition coefficient (Wildman–Crippen LogP) is -0.417. The van der Waals surface area contributed by atoms with Crippen molar-refractivity contribution < 1.29 is 4.79 Å². The maximum absolute atomic E-state index is 12.2. The maximum atomic E-state index is 12.2. The third-order valence-electron chi connectivity index (χ3n) is 3.32. The van der Waals surface area contributed by atoms with Gasteiger partial charge < -0.3 is 5.32 Å². The van der Waals surface area contributed by atoms with Crippen molar-refractivity contribution in [2.45, 2.75) is 12.5 Å². The van der Waals surface area contributed by atoms with E-state index in [1.54, 1.807) is 14.0 Å². The molecule has 0 bridgehead atoms. The van der Waals surface area contributed by atoms with Crippen LogP contribution in [0.25, 0.3) is 5.69 Å². The van der Waals surface area contributed by atoms with Crippen LogP contribution in [-0.4, -0.2) is 39.1 Å². The van der Waals surface area contributed by atoms with E-state index in [9.17, 15) is 4.79 Å². The average Bonchev–Trinajstić information content (AvgIpc) is 3.09. The second-order valence-electron chi connectivity index (χ2n) is 4.58. The first-order chi connectivity index (χ1) is 9.63. The highest BCUT2D eigenvalue weighted by Crippen LogP contribution is 2.25. The van der Waals surface area contributed by atoms with Crippen LogP contribution in [0, 0.1) is 0 Å². The zero-order chi connectivity index (χ0) is 14.2. The van der Waals surface area contributed by atoms with Crippen LogP contribution in [0.5, 0.6) is 0 Å². The molecule has 1 saturated heterocycles. The van der Waals surface area contributed by atoms with Crippen molar-refractivity contribution in [3.8, 4) is 5.69 Å². The summed E-state index contributed by atoms with van der Waals surface area (Å²) in [5.41, 5.74) is 0.727. The number of benzene rings is 1. The van der Waals surface area contributed by atoms with Gasteiger partial charge in [0, 0.05) is 7.05 Å².